The Morgan fingerprint density at radius 2 is 1.86 bits per heavy atom. The van der Waals surface area contributed by atoms with Gasteiger partial charge in [0.2, 0.25) is 5.88 Å². The van der Waals surface area contributed by atoms with Gasteiger partial charge in [0, 0.05) is 10.6 Å². The first-order valence-electron chi connectivity index (χ1n) is 5.83. The van der Waals surface area contributed by atoms with Crippen LogP contribution in [0.4, 0.5) is 13.2 Å². The van der Waals surface area contributed by atoms with Crippen LogP contribution in [0.2, 0.25) is 5.02 Å². The van der Waals surface area contributed by atoms with E-state index in [0.29, 0.717) is 10.6 Å². The van der Waals surface area contributed by atoms with Gasteiger partial charge in [0.05, 0.1) is 0 Å². The fraction of sp³-hybridized carbons (Fsp3) is 0.154. The number of alkyl halides is 3. The molecule has 0 bridgehead atoms. The van der Waals surface area contributed by atoms with Crippen LogP contribution in [-0.2, 0) is 0 Å². The summed E-state index contributed by atoms with van der Waals surface area (Å²) in [6.07, 6.45) is -4.55. The Hall–Kier alpha value is -2.35. The van der Waals surface area contributed by atoms with E-state index in [2.05, 4.69) is 14.9 Å². The van der Waals surface area contributed by atoms with Crippen LogP contribution in [0.15, 0.2) is 30.3 Å². The van der Waals surface area contributed by atoms with E-state index < -0.39 is 30.3 Å². The minimum absolute atomic E-state index is 0.0771. The molecule has 2 aromatic rings. The predicted octanol–water partition coefficient (Wildman–Crippen LogP) is 3.44. The number of halogens is 4. The molecule has 0 aliphatic rings. The minimum atomic E-state index is -4.55. The van der Waals surface area contributed by atoms with Crippen LogP contribution in [0.25, 0.3) is 11.1 Å². The highest BCUT2D eigenvalue weighted by Crippen LogP contribution is 2.30. The number of rotatable bonds is 4. The molecule has 1 aromatic carbocycles. The third kappa shape index (κ3) is 4.08. The maximum Gasteiger partial charge on any atom is 0.422 e. The number of carboxylic acid groups (broad SMARTS) is 1. The molecule has 9 heteroatoms. The average Bonchev–Trinajstić information content (AvgIpc) is 2.45. The summed E-state index contributed by atoms with van der Waals surface area (Å²) >= 11 is 5.74. The van der Waals surface area contributed by atoms with Crippen molar-refractivity contribution < 1.29 is 27.8 Å². The van der Waals surface area contributed by atoms with Crippen molar-refractivity contribution in [1.29, 1.82) is 0 Å². The monoisotopic (exact) mass is 332 g/mol. The van der Waals surface area contributed by atoms with Crippen molar-refractivity contribution in [3.05, 3.63) is 41.0 Å². The molecule has 1 heterocycles. The number of hydrogen-bond acceptors (Lipinski definition) is 4. The van der Waals surface area contributed by atoms with Crippen molar-refractivity contribution in [2.75, 3.05) is 6.61 Å². The fourth-order valence-corrected chi connectivity index (χ4v) is 1.70. The van der Waals surface area contributed by atoms with Gasteiger partial charge >= 0.3 is 12.1 Å². The van der Waals surface area contributed by atoms with Gasteiger partial charge < -0.3 is 9.84 Å². The summed E-state index contributed by atoms with van der Waals surface area (Å²) in [4.78, 5) is 10.9. The standard InChI is InChI=1S/C13H8ClF3N2O3/c14-8-3-1-7(2-4-8)9-5-10(12(20)21)18-19-11(9)22-6-13(15,16)17/h1-5H,6H2,(H,20,21). The smallest absolute Gasteiger partial charge is 0.422 e. The lowest BCUT2D eigenvalue weighted by Crippen LogP contribution is -2.20. The molecule has 0 saturated carbocycles. The average molecular weight is 333 g/mol. The molecule has 0 radical (unpaired) electrons. The van der Waals surface area contributed by atoms with E-state index in [1.54, 1.807) is 0 Å². The molecule has 2 rings (SSSR count). The van der Waals surface area contributed by atoms with Crippen molar-refractivity contribution in [3.63, 3.8) is 0 Å². The highest BCUT2D eigenvalue weighted by Gasteiger charge is 2.29. The van der Waals surface area contributed by atoms with E-state index in [4.69, 9.17) is 16.7 Å². The fourth-order valence-electron chi connectivity index (χ4n) is 1.58. The van der Waals surface area contributed by atoms with Crippen LogP contribution >= 0.6 is 11.6 Å². The molecule has 5 nitrogen and oxygen atoms in total. The topological polar surface area (TPSA) is 72.3 Å². The first-order chi connectivity index (χ1) is 10.3. The quantitative estimate of drug-likeness (QED) is 0.928. The lowest BCUT2D eigenvalue weighted by Gasteiger charge is -2.12. The normalized spacial score (nSPS) is 11.3. The third-order valence-electron chi connectivity index (χ3n) is 2.51. The molecule has 0 atom stereocenters. The van der Waals surface area contributed by atoms with Crippen molar-refractivity contribution in [1.82, 2.24) is 10.2 Å². The Labute approximate surface area is 127 Å². The number of aromatic carboxylic acids is 1. The van der Waals surface area contributed by atoms with Crippen LogP contribution in [0.1, 0.15) is 10.5 Å². The Kier molecular flexibility index (Phi) is 4.51. The second-order valence-electron chi connectivity index (χ2n) is 4.16. The van der Waals surface area contributed by atoms with Gasteiger partial charge in [-0.3, -0.25) is 0 Å². The van der Waals surface area contributed by atoms with Crippen LogP contribution in [0.5, 0.6) is 5.88 Å². The molecule has 1 aromatic heterocycles. The van der Waals surface area contributed by atoms with E-state index >= 15 is 0 Å². The zero-order chi connectivity index (χ0) is 16.3. The molecule has 0 spiro atoms. The summed E-state index contributed by atoms with van der Waals surface area (Å²) in [6, 6.07) is 7.11. The van der Waals surface area contributed by atoms with Crippen molar-refractivity contribution in [3.8, 4) is 17.0 Å². The van der Waals surface area contributed by atoms with Gasteiger partial charge in [0.25, 0.3) is 0 Å². The third-order valence-corrected chi connectivity index (χ3v) is 2.76. The van der Waals surface area contributed by atoms with Gasteiger partial charge in [-0.05, 0) is 23.8 Å². The number of carbonyl (C=O) groups is 1. The van der Waals surface area contributed by atoms with E-state index in [1.165, 1.54) is 24.3 Å². The molecule has 0 amide bonds. The van der Waals surface area contributed by atoms with Crippen LogP contribution in [0.3, 0.4) is 0 Å². The number of benzene rings is 1. The molecule has 116 valence electrons. The Morgan fingerprint density at radius 1 is 1.23 bits per heavy atom. The first-order valence-corrected chi connectivity index (χ1v) is 6.20. The molecular weight excluding hydrogens is 325 g/mol. The zero-order valence-electron chi connectivity index (χ0n) is 10.8. The van der Waals surface area contributed by atoms with Gasteiger partial charge in [-0.2, -0.15) is 13.2 Å². The second kappa shape index (κ2) is 6.18. The SMILES string of the molecule is O=C(O)c1cc(-c2ccc(Cl)cc2)c(OCC(F)(F)F)nn1. The van der Waals surface area contributed by atoms with Gasteiger partial charge in [-0.25, -0.2) is 4.79 Å². The number of carboxylic acids is 1. The van der Waals surface area contributed by atoms with E-state index in [1.807, 2.05) is 0 Å². The zero-order valence-corrected chi connectivity index (χ0v) is 11.5. The van der Waals surface area contributed by atoms with E-state index in [-0.39, 0.29) is 5.56 Å². The van der Waals surface area contributed by atoms with Crippen LogP contribution in [-0.4, -0.2) is 34.1 Å². The molecule has 0 saturated heterocycles. The molecule has 0 fully saturated rings. The molecule has 0 aliphatic carbocycles. The minimum Gasteiger partial charge on any atom is -0.476 e. The van der Waals surface area contributed by atoms with Gasteiger partial charge in [-0.15, -0.1) is 10.2 Å². The number of nitrogens with zero attached hydrogens (tertiary/aromatic N) is 2. The van der Waals surface area contributed by atoms with E-state index in [9.17, 15) is 18.0 Å². The maximum atomic E-state index is 12.3. The van der Waals surface area contributed by atoms with E-state index in [0.717, 1.165) is 6.07 Å². The number of aromatic nitrogens is 2. The first kappa shape index (κ1) is 16.0. The second-order valence-corrected chi connectivity index (χ2v) is 4.60. The Morgan fingerprint density at radius 3 is 2.41 bits per heavy atom. The molecule has 22 heavy (non-hydrogen) atoms. The predicted molar refractivity (Wildman–Crippen MR) is 71.0 cm³/mol. The lowest BCUT2D eigenvalue weighted by molar-refractivity contribution is -0.154. The summed E-state index contributed by atoms with van der Waals surface area (Å²) in [5, 5.41) is 16.1. The number of ether oxygens (including phenoxy) is 1. The van der Waals surface area contributed by atoms with Crippen LogP contribution < -0.4 is 4.74 Å². The lowest BCUT2D eigenvalue weighted by atomic mass is 10.1. The Bertz CT molecular complexity index is 690. The largest absolute Gasteiger partial charge is 0.476 e. The van der Waals surface area contributed by atoms with Crippen molar-refractivity contribution >= 4 is 17.6 Å². The molecule has 1 N–H and O–H groups in total. The maximum absolute atomic E-state index is 12.3. The summed E-state index contributed by atoms with van der Waals surface area (Å²) in [5.41, 5.74) is 0.0663. The molecule has 0 aliphatic heterocycles. The number of hydrogen-bond donors (Lipinski definition) is 1. The highest BCUT2D eigenvalue weighted by atomic mass is 35.5. The highest BCUT2D eigenvalue weighted by molar-refractivity contribution is 6.30. The van der Waals surface area contributed by atoms with Crippen molar-refractivity contribution in [2.24, 2.45) is 0 Å². The van der Waals surface area contributed by atoms with Gasteiger partial charge in [0.1, 0.15) is 0 Å². The summed E-state index contributed by atoms with van der Waals surface area (Å²) < 4.78 is 41.3. The Balaban J connectivity index is 2.44. The summed E-state index contributed by atoms with van der Waals surface area (Å²) in [6.45, 7) is -1.56. The van der Waals surface area contributed by atoms with Crippen LogP contribution in [0, 0.1) is 0 Å². The van der Waals surface area contributed by atoms with Gasteiger partial charge in [0.15, 0.2) is 12.3 Å². The van der Waals surface area contributed by atoms with Crippen molar-refractivity contribution in [2.45, 2.75) is 6.18 Å². The van der Waals surface area contributed by atoms with Gasteiger partial charge in [-0.1, -0.05) is 23.7 Å². The molecule has 0 unspecified atom stereocenters. The summed E-state index contributed by atoms with van der Waals surface area (Å²) in [5.74, 6) is -1.77. The summed E-state index contributed by atoms with van der Waals surface area (Å²) in [7, 11) is 0. The molecular formula is C13H8ClF3N2O3.